The monoisotopic (exact) mass is 464 g/mol. The number of fused-ring (bicyclic) bond motifs is 1. The third-order valence-corrected chi connectivity index (χ3v) is 6.58. The van der Waals surface area contributed by atoms with Crippen molar-refractivity contribution >= 4 is 45.4 Å². The molecule has 1 unspecified atom stereocenters. The van der Waals surface area contributed by atoms with E-state index in [0.717, 1.165) is 23.5 Å². The highest BCUT2D eigenvalue weighted by molar-refractivity contribution is 7.18. The summed E-state index contributed by atoms with van der Waals surface area (Å²) in [6, 6.07) is 11.6. The van der Waals surface area contributed by atoms with Gasteiger partial charge in [0.2, 0.25) is 5.91 Å². The zero-order valence-electron chi connectivity index (χ0n) is 16.1. The lowest BCUT2D eigenvalue weighted by Gasteiger charge is -2.24. The van der Waals surface area contributed by atoms with Crippen LogP contribution in [0.1, 0.15) is 44.3 Å². The van der Waals surface area contributed by atoms with E-state index >= 15 is 0 Å². The van der Waals surface area contributed by atoms with Crippen LogP contribution in [-0.4, -0.2) is 11.8 Å². The summed E-state index contributed by atoms with van der Waals surface area (Å²) in [6.45, 7) is 1.74. The van der Waals surface area contributed by atoms with E-state index in [-0.39, 0.29) is 18.2 Å². The summed E-state index contributed by atoms with van der Waals surface area (Å²) in [5, 5.41) is 6.55. The molecule has 0 saturated heterocycles. The summed E-state index contributed by atoms with van der Waals surface area (Å²) in [7, 11) is 0. The molecule has 1 aliphatic heterocycles. The highest BCUT2D eigenvalue weighted by Gasteiger charge is 2.35. The number of thiophene rings is 1. The Labute approximate surface area is 185 Å². The van der Waals surface area contributed by atoms with Crippen LogP contribution in [-0.2, 0) is 11.0 Å². The Balaban J connectivity index is 1.71. The minimum Gasteiger partial charge on any atom is -0.321 e. The molecule has 160 valence electrons. The molecule has 1 aliphatic rings. The summed E-state index contributed by atoms with van der Waals surface area (Å²) < 4.78 is 39.6. The Kier molecular flexibility index (Phi) is 5.53. The molecule has 0 aliphatic carbocycles. The first-order chi connectivity index (χ1) is 14.6. The van der Waals surface area contributed by atoms with E-state index in [1.165, 1.54) is 6.07 Å². The molecule has 0 saturated carbocycles. The van der Waals surface area contributed by atoms with Crippen LogP contribution in [0.3, 0.4) is 0 Å². The maximum Gasteiger partial charge on any atom is 0.416 e. The van der Waals surface area contributed by atoms with E-state index in [2.05, 4.69) is 10.6 Å². The Bertz CT molecular complexity index is 1170. The van der Waals surface area contributed by atoms with Crippen molar-refractivity contribution in [3.8, 4) is 0 Å². The number of benzene rings is 2. The Morgan fingerprint density at radius 3 is 2.58 bits per heavy atom. The van der Waals surface area contributed by atoms with E-state index in [9.17, 15) is 22.8 Å². The average Bonchev–Trinajstić information content (AvgIpc) is 3.05. The molecule has 31 heavy (non-hydrogen) atoms. The van der Waals surface area contributed by atoms with Crippen LogP contribution in [0.15, 0.2) is 48.5 Å². The van der Waals surface area contributed by atoms with Gasteiger partial charge < -0.3 is 10.6 Å². The third-order valence-electron chi connectivity index (χ3n) is 5.11. The zero-order chi connectivity index (χ0) is 22.3. The molecule has 3 aromatic rings. The van der Waals surface area contributed by atoms with Crippen molar-refractivity contribution in [1.82, 2.24) is 0 Å². The molecule has 0 fully saturated rings. The van der Waals surface area contributed by atoms with Gasteiger partial charge in [-0.05, 0) is 53.9 Å². The van der Waals surface area contributed by atoms with Gasteiger partial charge in [-0.3, -0.25) is 9.59 Å². The Hall–Kier alpha value is -2.84. The van der Waals surface area contributed by atoms with Crippen LogP contribution in [0.5, 0.6) is 0 Å². The van der Waals surface area contributed by atoms with Gasteiger partial charge >= 0.3 is 6.18 Å². The van der Waals surface area contributed by atoms with Gasteiger partial charge in [-0.25, -0.2) is 0 Å². The predicted molar refractivity (Wildman–Crippen MR) is 115 cm³/mol. The van der Waals surface area contributed by atoms with Crippen molar-refractivity contribution < 1.29 is 22.8 Å². The molecule has 2 aromatic carbocycles. The first kappa shape index (κ1) is 21.4. The fourth-order valence-corrected chi connectivity index (χ4v) is 4.96. The van der Waals surface area contributed by atoms with Gasteiger partial charge in [0.25, 0.3) is 5.91 Å². The maximum absolute atomic E-state index is 13.2. The standard InChI is InChI=1S/C22H16ClF3N2O2S/c1-11-18-16(12-3-2-4-13(9-12)22(24,25)26)10-17(29)28-21(18)31-19(11)20(30)27-15-7-5-14(23)6-8-15/h2-9,16H,10H2,1H3,(H,27,30)(H,28,29). The number of carbonyl (C=O) groups excluding carboxylic acids is 2. The second kappa shape index (κ2) is 8.01. The SMILES string of the molecule is Cc1c(C(=O)Nc2ccc(Cl)cc2)sc2c1C(c1cccc(C(F)(F)F)c1)CC(=O)N2. The first-order valence-corrected chi connectivity index (χ1v) is 10.5. The third kappa shape index (κ3) is 4.31. The van der Waals surface area contributed by atoms with E-state index in [0.29, 0.717) is 37.3 Å². The van der Waals surface area contributed by atoms with E-state index < -0.39 is 17.7 Å². The second-order valence-electron chi connectivity index (χ2n) is 7.19. The lowest BCUT2D eigenvalue weighted by molar-refractivity contribution is -0.137. The van der Waals surface area contributed by atoms with Crippen LogP contribution >= 0.6 is 22.9 Å². The normalized spacial score (nSPS) is 15.9. The fourth-order valence-electron chi connectivity index (χ4n) is 3.66. The van der Waals surface area contributed by atoms with Gasteiger partial charge in [0, 0.05) is 23.0 Å². The molecule has 2 N–H and O–H groups in total. The minimum absolute atomic E-state index is 0.00409. The lowest BCUT2D eigenvalue weighted by Crippen LogP contribution is -2.23. The number of anilines is 2. The summed E-state index contributed by atoms with van der Waals surface area (Å²) in [4.78, 5) is 25.5. The number of halogens is 4. The van der Waals surface area contributed by atoms with Crippen LogP contribution in [0.2, 0.25) is 5.02 Å². The largest absolute Gasteiger partial charge is 0.416 e. The number of amides is 2. The van der Waals surface area contributed by atoms with Crippen LogP contribution in [0.25, 0.3) is 0 Å². The van der Waals surface area contributed by atoms with Crippen LogP contribution in [0, 0.1) is 6.92 Å². The lowest BCUT2D eigenvalue weighted by atomic mass is 9.84. The van der Waals surface area contributed by atoms with Crippen LogP contribution in [0.4, 0.5) is 23.9 Å². The number of hydrogen-bond acceptors (Lipinski definition) is 3. The van der Waals surface area contributed by atoms with Crippen molar-refractivity contribution in [2.45, 2.75) is 25.4 Å². The Morgan fingerprint density at radius 2 is 1.90 bits per heavy atom. The van der Waals surface area contributed by atoms with Crippen molar-refractivity contribution in [3.05, 3.63) is 80.7 Å². The zero-order valence-corrected chi connectivity index (χ0v) is 17.7. The average molecular weight is 465 g/mol. The highest BCUT2D eigenvalue weighted by atomic mass is 35.5. The molecule has 4 rings (SSSR count). The smallest absolute Gasteiger partial charge is 0.321 e. The predicted octanol–water partition coefficient (Wildman–Crippen LogP) is 6.46. The summed E-state index contributed by atoms with van der Waals surface area (Å²) in [5.41, 5.74) is 1.47. The molecule has 4 nitrogen and oxygen atoms in total. The molecule has 2 amide bonds. The van der Waals surface area contributed by atoms with Crippen molar-refractivity contribution in [2.24, 2.45) is 0 Å². The molecule has 0 radical (unpaired) electrons. The molecule has 9 heteroatoms. The number of hydrogen-bond donors (Lipinski definition) is 2. The summed E-state index contributed by atoms with van der Waals surface area (Å²) in [6.07, 6.45) is -4.48. The molecule has 1 aromatic heterocycles. The Morgan fingerprint density at radius 1 is 1.19 bits per heavy atom. The van der Waals surface area contributed by atoms with E-state index in [1.807, 2.05) is 0 Å². The highest BCUT2D eigenvalue weighted by Crippen LogP contribution is 2.46. The number of alkyl halides is 3. The van der Waals surface area contributed by atoms with Gasteiger partial charge in [-0.1, -0.05) is 29.8 Å². The van der Waals surface area contributed by atoms with Crippen LogP contribution < -0.4 is 10.6 Å². The summed E-state index contributed by atoms with van der Waals surface area (Å²) in [5.74, 6) is -1.24. The maximum atomic E-state index is 13.2. The number of carbonyl (C=O) groups is 2. The molecule has 2 heterocycles. The quantitative estimate of drug-likeness (QED) is 0.467. The van der Waals surface area contributed by atoms with Gasteiger partial charge in [-0.15, -0.1) is 11.3 Å². The van der Waals surface area contributed by atoms with Crippen molar-refractivity contribution in [1.29, 1.82) is 0 Å². The van der Waals surface area contributed by atoms with Gasteiger partial charge in [0.1, 0.15) is 0 Å². The molecule has 0 bridgehead atoms. The van der Waals surface area contributed by atoms with Crippen molar-refractivity contribution in [3.63, 3.8) is 0 Å². The van der Waals surface area contributed by atoms with E-state index in [1.54, 1.807) is 37.3 Å². The van der Waals surface area contributed by atoms with E-state index in [4.69, 9.17) is 11.6 Å². The second-order valence-corrected chi connectivity index (χ2v) is 8.65. The van der Waals surface area contributed by atoms with Crippen molar-refractivity contribution in [2.75, 3.05) is 10.6 Å². The first-order valence-electron chi connectivity index (χ1n) is 9.30. The molecule has 0 spiro atoms. The van der Waals surface area contributed by atoms with Gasteiger partial charge in [0.15, 0.2) is 0 Å². The molecular formula is C22H16ClF3N2O2S. The topological polar surface area (TPSA) is 58.2 Å². The van der Waals surface area contributed by atoms with Gasteiger partial charge in [-0.2, -0.15) is 13.2 Å². The number of rotatable bonds is 3. The number of nitrogens with one attached hydrogen (secondary N) is 2. The molecular weight excluding hydrogens is 449 g/mol. The molecule has 1 atom stereocenters. The summed E-state index contributed by atoms with van der Waals surface area (Å²) >= 11 is 6.98. The fraction of sp³-hybridized carbons (Fsp3) is 0.182. The minimum atomic E-state index is -4.48. The van der Waals surface area contributed by atoms with Gasteiger partial charge in [0.05, 0.1) is 15.4 Å².